The lowest BCUT2D eigenvalue weighted by molar-refractivity contribution is -0.148. The summed E-state index contributed by atoms with van der Waals surface area (Å²) in [5.41, 5.74) is 10.7. The van der Waals surface area contributed by atoms with Crippen LogP contribution < -0.4 is 17.0 Å². The van der Waals surface area contributed by atoms with E-state index in [9.17, 15) is 9.59 Å². The monoisotopic (exact) mass is 312 g/mol. The number of nitrogens with one attached hydrogen (secondary N) is 1. The molecule has 0 bridgehead atoms. The number of carbonyl (C=O) groups is 1. The Hall–Kier alpha value is -2.50. The van der Waals surface area contributed by atoms with Gasteiger partial charge in [-0.25, -0.2) is 4.98 Å². The number of hydrogen-bond acceptors (Lipinski definition) is 9. The highest BCUT2D eigenvalue weighted by Gasteiger charge is 2.13. The minimum absolute atomic E-state index is 0.0185. The van der Waals surface area contributed by atoms with Gasteiger partial charge in [-0.2, -0.15) is 4.98 Å². The summed E-state index contributed by atoms with van der Waals surface area (Å²) in [4.78, 5) is 33.0. The van der Waals surface area contributed by atoms with Crippen molar-refractivity contribution >= 4 is 23.1 Å². The second kappa shape index (κ2) is 6.98. The van der Waals surface area contributed by atoms with E-state index in [1.807, 2.05) is 0 Å². The molecule has 0 saturated carbocycles. The van der Waals surface area contributed by atoms with Gasteiger partial charge in [-0.05, 0) is 0 Å². The third-order valence-electron chi connectivity index (χ3n) is 2.69. The molecule has 0 aliphatic carbocycles. The number of anilines is 1. The molecule has 11 nitrogen and oxygen atoms in total. The van der Waals surface area contributed by atoms with Crippen LogP contribution in [0.1, 0.15) is 0 Å². The zero-order chi connectivity index (χ0) is 16.1. The van der Waals surface area contributed by atoms with Gasteiger partial charge >= 0.3 is 5.97 Å². The molecule has 0 saturated heterocycles. The Morgan fingerprint density at radius 3 is 3.00 bits per heavy atom. The third-order valence-corrected chi connectivity index (χ3v) is 2.69. The van der Waals surface area contributed by atoms with Crippen molar-refractivity contribution in [3.63, 3.8) is 0 Å². The van der Waals surface area contributed by atoms with Crippen molar-refractivity contribution in [1.82, 2.24) is 19.5 Å². The fourth-order valence-corrected chi connectivity index (χ4v) is 1.61. The number of nitrogen functional groups attached to an aromatic ring is 1. The summed E-state index contributed by atoms with van der Waals surface area (Å²) in [5.74, 6) is -0.730. The summed E-state index contributed by atoms with van der Waals surface area (Å²) in [6, 6.07) is -1.06. The molecule has 1 atom stereocenters. The average Bonchev–Trinajstić information content (AvgIpc) is 2.89. The number of esters is 1. The van der Waals surface area contributed by atoms with Crippen molar-refractivity contribution in [2.24, 2.45) is 5.73 Å². The molecule has 0 aliphatic heterocycles. The van der Waals surface area contributed by atoms with Gasteiger partial charge in [-0.1, -0.05) is 0 Å². The number of imidazole rings is 1. The van der Waals surface area contributed by atoms with E-state index >= 15 is 0 Å². The van der Waals surface area contributed by atoms with Crippen LogP contribution in [0.15, 0.2) is 11.1 Å². The predicted octanol–water partition coefficient (Wildman–Crippen LogP) is -2.46. The molecule has 0 amide bonds. The first-order chi connectivity index (χ1) is 10.5. The largest absolute Gasteiger partial charge is 0.462 e. The lowest BCUT2D eigenvalue weighted by Crippen LogP contribution is -2.36. The van der Waals surface area contributed by atoms with Gasteiger partial charge in [0.2, 0.25) is 5.95 Å². The van der Waals surface area contributed by atoms with Crippen molar-refractivity contribution in [3.8, 4) is 0 Å². The highest BCUT2D eigenvalue weighted by Crippen LogP contribution is 2.06. The van der Waals surface area contributed by atoms with Crippen molar-refractivity contribution < 1.29 is 19.4 Å². The highest BCUT2D eigenvalue weighted by atomic mass is 16.6. The fourth-order valence-electron chi connectivity index (χ4n) is 1.61. The van der Waals surface area contributed by atoms with Crippen LogP contribution in [-0.4, -0.2) is 56.5 Å². The molecule has 11 heteroatoms. The Balaban J connectivity index is 1.86. The first-order valence-corrected chi connectivity index (χ1v) is 6.34. The number of hydrogen-bond donors (Lipinski definition) is 4. The first-order valence-electron chi connectivity index (χ1n) is 6.34. The van der Waals surface area contributed by atoms with E-state index in [2.05, 4.69) is 15.0 Å². The number of H-pyrrole nitrogens is 1. The summed E-state index contributed by atoms with van der Waals surface area (Å²) < 4.78 is 11.5. The normalized spacial score (nSPS) is 12.5. The molecule has 0 aliphatic rings. The zero-order valence-corrected chi connectivity index (χ0v) is 11.6. The van der Waals surface area contributed by atoms with Crippen LogP contribution >= 0.6 is 0 Å². The molecule has 120 valence electrons. The van der Waals surface area contributed by atoms with Gasteiger partial charge < -0.3 is 26.0 Å². The summed E-state index contributed by atoms with van der Waals surface area (Å²) in [7, 11) is 0. The molecule has 0 fully saturated rings. The molecule has 0 radical (unpaired) electrons. The van der Waals surface area contributed by atoms with E-state index in [1.54, 1.807) is 0 Å². The minimum Gasteiger partial charge on any atom is -0.462 e. The molecule has 6 N–H and O–H groups in total. The number of ether oxygens (including phenoxy) is 2. The van der Waals surface area contributed by atoms with E-state index < -0.39 is 24.2 Å². The van der Waals surface area contributed by atoms with Crippen molar-refractivity contribution in [2.75, 3.05) is 25.6 Å². The van der Waals surface area contributed by atoms with Crippen LogP contribution in [0.3, 0.4) is 0 Å². The average molecular weight is 312 g/mol. The van der Waals surface area contributed by atoms with Crippen molar-refractivity contribution in [2.45, 2.75) is 12.8 Å². The Labute approximate surface area is 123 Å². The zero-order valence-electron chi connectivity index (χ0n) is 11.6. The number of aliphatic hydroxyl groups is 1. The van der Waals surface area contributed by atoms with Crippen LogP contribution in [0, 0.1) is 0 Å². The molecule has 2 heterocycles. The lowest BCUT2D eigenvalue weighted by atomic mass is 10.3. The number of nitrogens with zero attached hydrogens (tertiary/aromatic N) is 3. The molecule has 0 aromatic carbocycles. The number of aromatic amines is 1. The maximum atomic E-state index is 11.6. The van der Waals surface area contributed by atoms with Gasteiger partial charge in [0.05, 0.1) is 19.5 Å². The first kappa shape index (κ1) is 15.9. The second-order valence-electron chi connectivity index (χ2n) is 4.33. The van der Waals surface area contributed by atoms with E-state index in [0.29, 0.717) is 5.65 Å². The smallest absolute Gasteiger partial charge is 0.325 e. The number of aromatic nitrogens is 4. The van der Waals surface area contributed by atoms with Crippen molar-refractivity contribution in [3.05, 3.63) is 16.7 Å². The van der Waals surface area contributed by atoms with E-state index in [4.69, 9.17) is 26.0 Å². The third kappa shape index (κ3) is 3.58. The van der Waals surface area contributed by atoms with Gasteiger partial charge in [-0.3, -0.25) is 19.1 Å². The fraction of sp³-hybridized carbons (Fsp3) is 0.455. The van der Waals surface area contributed by atoms with Gasteiger partial charge in [0.1, 0.15) is 19.4 Å². The van der Waals surface area contributed by atoms with E-state index in [-0.39, 0.29) is 31.4 Å². The number of nitrogens with two attached hydrogens (primary N) is 2. The van der Waals surface area contributed by atoms with Gasteiger partial charge in [0, 0.05) is 0 Å². The summed E-state index contributed by atoms with van der Waals surface area (Å²) >= 11 is 0. The highest BCUT2D eigenvalue weighted by molar-refractivity contribution is 5.75. The Morgan fingerprint density at radius 2 is 2.27 bits per heavy atom. The number of fused-ring (bicyclic) bond motifs is 1. The SMILES string of the molecule is Nc1nc2c(ncn2COCCOC(=O)[C@@H](N)CO)c(=O)[nH]1. The van der Waals surface area contributed by atoms with Crippen LogP contribution in [0.4, 0.5) is 5.95 Å². The summed E-state index contributed by atoms with van der Waals surface area (Å²) in [6.45, 7) is -0.351. The van der Waals surface area contributed by atoms with Gasteiger partial charge in [0.15, 0.2) is 11.2 Å². The number of rotatable bonds is 7. The molecule has 2 aromatic heterocycles. The molecule has 2 aromatic rings. The lowest BCUT2D eigenvalue weighted by Gasteiger charge is -2.09. The minimum atomic E-state index is -1.06. The van der Waals surface area contributed by atoms with E-state index in [1.165, 1.54) is 10.9 Å². The van der Waals surface area contributed by atoms with Crippen LogP contribution in [0.5, 0.6) is 0 Å². The molecule has 2 rings (SSSR count). The predicted molar refractivity (Wildman–Crippen MR) is 74.5 cm³/mol. The van der Waals surface area contributed by atoms with Gasteiger partial charge in [-0.15, -0.1) is 0 Å². The Bertz CT molecular complexity index is 711. The van der Waals surface area contributed by atoms with E-state index in [0.717, 1.165) is 0 Å². The summed E-state index contributed by atoms with van der Waals surface area (Å²) in [5, 5.41) is 8.67. The number of carbonyl (C=O) groups excluding carboxylic acids is 1. The Morgan fingerprint density at radius 1 is 1.50 bits per heavy atom. The standard InChI is InChI=1S/C11H16N6O5/c12-6(3-18)10(20)22-2-1-21-5-17-4-14-7-8(17)15-11(13)16-9(7)19/h4,6,18H,1-3,5,12H2,(H3,13,15,16,19)/t6-/m0/s1. The summed E-state index contributed by atoms with van der Waals surface area (Å²) in [6.07, 6.45) is 1.39. The maximum Gasteiger partial charge on any atom is 0.325 e. The van der Waals surface area contributed by atoms with Crippen molar-refractivity contribution in [1.29, 1.82) is 0 Å². The van der Waals surface area contributed by atoms with Gasteiger partial charge in [0.25, 0.3) is 5.56 Å². The quantitative estimate of drug-likeness (QED) is 0.319. The Kier molecular flexibility index (Phi) is 5.04. The molecular weight excluding hydrogens is 296 g/mol. The molecule has 0 spiro atoms. The molecule has 22 heavy (non-hydrogen) atoms. The topological polar surface area (TPSA) is 171 Å². The second-order valence-corrected chi connectivity index (χ2v) is 4.33. The molecular formula is C11H16N6O5. The van der Waals surface area contributed by atoms with Crippen LogP contribution in [0.2, 0.25) is 0 Å². The van der Waals surface area contributed by atoms with Crippen LogP contribution in [0.25, 0.3) is 11.2 Å². The maximum absolute atomic E-state index is 11.6. The van der Waals surface area contributed by atoms with Crippen LogP contribution in [-0.2, 0) is 21.0 Å². The number of aliphatic hydroxyl groups excluding tert-OH is 1. The molecule has 0 unspecified atom stereocenters.